The molecule has 1 aliphatic rings. The van der Waals surface area contributed by atoms with Crippen LogP contribution in [0.3, 0.4) is 0 Å². The third-order valence-corrected chi connectivity index (χ3v) is 4.52. The lowest BCUT2D eigenvalue weighted by atomic mass is 10.1. The van der Waals surface area contributed by atoms with Crippen molar-refractivity contribution in [2.75, 3.05) is 36.1 Å². The van der Waals surface area contributed by atoms with Gasteiger partial charge in [0, 0.05) is 30.6 Å². The summed E-state index contributed by atoms with van der Waals surface area (Å²) in [6, 6.07) is 6.17. The Labute approximate surface area is 108 Å². The summed E-state index contributed by atoms with van der Waals surface area (Å²) >= 11 is 2.06. The third-order valence-electron chi connectivity index (χ3n) is 3.15. The second-order valence-corrected chi connectivity index (χ2v) is 6.78. The van der Waals surface area contributed by atoms with E-state index in [1.54, 1.807) is 0 Å². The van der Waals surface area contributed by atoms with E-state index in [9.17, 15) is 0 Å². The van der Waals surface area contributed by atoms with Crippen molar-refractivity contribution in [3.05, 3.63) is 18.2 Å². The fourth-order valence-corrected chi connectivity index (χ4v) is 3.09. The number of thioether (sulfide) groups is 1. The molecule has 2 rings (SSSR count). The third kappa shape index (κ3) is 3.28. The first-order valence-corrected chi connectivity index (χ1v) is 7.13. The highest BCUT2D eigenvalue weighted by molar-refractivity contribution is 8.00. The standard InChI is InChI=1S/C13H21N3S/c1-13(2)7-8-16(9-10-17-13)12-6-4-5-11(14-3)15-12/h4-6H,7-10H2,1-3H3,(H,14,15). The second kappa shape index (κ2) is 5.17. The Bertz CT molecular complexity index is 379. The Kier molecular flexibility index (Phi) is 3.82. The van der Waals surface area contributed by atoms with Crippen LogP contribution in [0.1, 0.15) is 20.3 Å². The predicted molar refractivity (Wildman–Crippen MR) is 77.2 cm³/mol. The highest BCUT2D eigenvalue weighted by atomic mass is 32.2. The molecule has 3 nitrogen and oxygen atoms in total. The van der Waals surface area contributed by atoms with Gasteiger partial charge in [-0.3, -0.25) is 0 Å². The summed E-state index contributed by atoms with van der Waals surface area (Å²) < 4.78 is 0.398. The molecule has 94 valence electrons. The molecule has 1 fully saturated rings. The van der Waals surface area contributed by atoms with E-state index in [0.717, 1.165) is 24.7 Å². The monoisotopic (exact) mass is 251 g/mol. The molecule has 0 bridgehead atoms. The molecule has 1 saturated heterocycles. The molecule has 1 N–H and O–H groups in total. The van der Waals surface area contributed by atoms with Crippen molar-refractivity contribution in [1.82, 2.24) is 4.98 Å². The van der Waals surface area contributed by atoms with E-state index in [1.165, 1.54) is 12.2 Å². The lowest BCUT2D eigenvalue weighted by Crippen LogP contribution is -2.27. The molecule has 0 saturated carbocycles. The second-order valence-electron chi connectivity index (χ2n) is 4.98. The number of hydrogen-bond donors (Lipinski definition) is 1. The van der Waals surface area contributed by atoms with Crippen LogP contribution in [-0.2, 0) is 0 Å². The molecule has 0 radical (unpaired) electrons. The van der Waals surface area contributed by atoms with Gasteiger partial charge in [-0.05, 0) is 18.6 Å². The maximum Gasteiger partial charge on any atom is 0.130 e. The molecule has 4 heteroatoms. The zero-order valence-corrected chi connectivity index (χ0v) is 11.7. The minimum Gasteiger partial charge on any atom is -0.373 e. The van der Waals surface area contributed by atoms with Crippen LogP contribution in [0.4, 0.5) is 11.6 Å². The van der Waals surface area contributed by atoms with Gasteiger partial charge in [0.05, 0.1) is 0 Å². The van der Waals surface area contributed by atoms with Crippen molar-refractivity contribution in [2.45, 2.75) is 25.0 Å². The zero-order valence-electron chi connectivity index (χ0n) is 10.9. The number of nitrogens with zero attached hydrogens (tertiary/aromatic N) is 2. The number of anilines is 2. The van der Waals surface area contributed by atoms with E-state index in [1.807, 2.05) is 13.1 Å². The van der Waals surface area contributed by atoms with Gasteiger partial charge < -0.3 is 10.2 Å². The number of hydrogen-bond acceptors (Lipinski definition) is 4. The Morgan fingerprint density at radius 3 is 2.94 bits per heavy atom. The van der Waals surface area contributed by atoms with Crippen LogP contribution >= 0.6 is 11.8 Å². The molecule has 1 aliphatic heterocycles. The van der Waals surface area contributed by atoms with Crippen molar-refractivity contribution in [3.8, 4) is 0 Å². The maximum absolute atomic E-state index is 4.61. The summed E-state index contributed by atoms with van der Waals surface area (Å²) in [5, 5.41) is 3.10. The first-order valence-electron chi connectivity index (χ1n) is 6.14. The molecule has 0 unspecified atom stereocenters. The molecule has 1 aromatic heterocycles. The van der Waals surface area contributed by atoms with Crippen LogP contribution in [0.25, 0.3) is 0 Å². The molecule has 0 spiro atoms. The maximum atomic E-state index is 4.61. The Morgan fingerprint density at radius 2 is 2.18 bits per heavy atom. The van der Waals surface area contributed by atoms with Crippen LogP contribution in [0.5, 0.6) is 0 Å². The molecule has 0 aliphatic carbocycles. The van der Waals surface area contributed by atoms with Crippen LogP contribution in [0, 0.1) is 0 Å². The minimum absolute atomic E-state index is 0.398. The van der Waals surface area contributed by atoms with E-state index < -0.39 is 0 Å². The van der Waals surface area contributed by atoms with Gasteiger partial charge in [-0.1, -0.05) is 19.9 Å². The summed E-state index contributed by atoms with van der Waals surface area (Å²) in [6.07, 6.45) is 1.21. The summed E-state index contributed by atoms with van der Waals surface area (Å²) in [6.45, 7) is 6.85. The molecular formula is C13H21N3S. The summed E-state index contributed by atoms with van der Waals surface area (Å²) in [4.78, 5) is 7.00. The van der Waals surface area contributed by atoms with Gasteiger partial charge in [0.1, 0.15) is 11.6 Å². The summed E-state index contributed by atoms with van der Waals surface area (Å²) in [5.41, 5.74) is 0. The summed E-state index contributed by atoms with van der Waals surface area (Å²) in [7, 11) is 1.91. The number of aromatic nitrogens is 1. The smallest absolute Gasteiger partial charge is 0.130 e. The molecule has 17 heavy (non-hydrogen) atoms. The van der Waals surface area contributed by atoms with Crippen LogP contribution in [0.2, 0.25) is 0 Å². The van der Waals surface area contributed by atoms with Crippen molar-refractivity contribution < 1.29 is 0 Å². The Hall–Kier alpha value is -0.900. The largest absolute Gasteiger partial charge is 0.373 e. The number of rotatable bonds is 2. The molecule has 1 aromatic rings. The highest BCUT2D eigenvalue weighted by Crippen LogP contribution is 2.31. The predicted octanol–water partition coefficient (Wildman–Crippen LogP) is 2.85. The molecule has 0 amide bonds. The topological polar surface area (TPSA) is 28.2 Å². The Balaban J connectivity index is 2.11. The van der Waals surface area contributed by atoms with Gasteiger partial charge in [-0.25, -0.2) is 4.98 Å². The van der Waals surface area contributed by atoms with E-state index in [2.05, 4.69) is 52.9 Å². The van der Waals surface area contributed by atoms with Crippen molar-refractivity contribution in [1.29, 1.82) is 0 Å². The van der Waals surface area contributed by atoms with Gasteiger partial charge in [-0.2, -0.15) is 11.8 Å². The van der Waals surface area contributed by atoms with E-state index >= 15 is 0 Å². The normalized spacial score (nSPS) is 19.8. The van der Waals surface area contributed by atoms with E-state index in [-0.39, 0.29) is 0 Å². The minimum atomic E-state index is 0.398. The molecule has 2 heterocycles. The van der Waals surface area contributed by atoms with Gasteiger partial charge in [-0.15, -0.1) is 0 Å². The lowest BCUT2D eigenvalue weighted by Gasteiger charge is -2.23. The molecule has 0 aromatic carbocycles. The fraction of sp³-hybridized carbons (Fsp3) is 0.615. The van der Waals surface area contributed by atoms with Crippen LogP contribution in [-0.4, -0.2) is 35.6 Å². The van der Waals surface area contributed by atoms with Gasteiger partial charge in [0.2, 0.25) is 0 Å². The highest BCUT2D eigenvalue weighted by Gasteiger charge is 2.24. The first-order chi connectivity index (χ1) is 8.11. The first kappa shape index (κ1) is 12.6. The fourth-order valence-electron chi connectivity index (χ4n) is 1.99. The van der Waals surface area contributed by atoms with E-state index in [4.69, 9.17) is 0 Å². The van der Waals surface area contributed by atoms with E-state index in [0.29, 0.717) is 4.75 Å². The van der Waals surface area contributed by atoms with Gasteiger partial charge in [0.15, 0.2) is 0 Å². The molecular weight excluding hydrogens is 230 g/mol. The van der Waals surface area contributed by atoms with Crippen molar-refractivity contribution in [3.63, 3.8) is 0 Å². The van der Waals surface area contributed by atoms with Gasteiger partial charge in [0.25, 0.3) is 0 Å². The Morgan fingerprint density at radius 1 is 1.35 bits per heavy atom. The average Bonchev–Trinajstić information content (AvgIpc) is 2.50. The number of pyridine rings is 1. The quantitative estimate of drug-likeness (QED) is 0.875. The lowest BCUT2D eigenvalue weighted by molar-refractivity contribution is 0.635. The van der Waals surface area contributed by atoms with Crippen molar-refractivity contribution >= 4 is 23.4 Å². The molecule has 0 atom stereocenters. The zero-order chi connectivity index (χ0) is 12.3. The van der Waals surface area contributed by atoms with Gasteiger partial charge >= 0.3 is 0 Å². The number of nitrogens with one attached hydrogen (secondary N) is 1. The average molecular weight is 251 g/mol. The van der Waals surface area contributed by atoms with Crippen LogP contribution in [0.15, 0.2) is 18.2 Å². The summed E-state index contributed by atoms with van der Waals surface area (Å²) in [5.74, 6) is 3.21. The van der Waals surface area contributed by atoms with Crippen molar-refractivity contribution in [2.24, 2.45) is 0 Å². The van der Waals surface area contributed by atoms with Crippen LogP contribution < -0.4 is 10.2 Å². The SMILES string of the molecule is CNc1cccc(N2CCSC(C)(C)CC2)n1.